The van der Waals surface area contributed by atoms with Crippen LogP contribution in [0.15, 0.2) is 47.6 Å². The first-order chi connectivity index (χ1) is 14.4. The van der Waals surface area contributed by atoms with Crippen LogP contribution in [0.25, 0.3) is 11.4 Å². The van der Waals surface area contributed by atoms with Crippen molar-refractivity contribution in [3.05, 3.63) is 58.9 Å². The molecule has 1 N–H and O–H groups in total. The summed E-state index contributed by atoms with van der Waals surface area (Å²) in [6.45, 7) is 4.81. The predicted molar refractivity (Wildman–Crippen MR) is 117 cm³/mol. The maximum Gasteiger partial charge on any atom is 0.237 e. The number of aromatic nitrogens is 3. The number of halogens is 2. The zero-order valence-corrected chi connectivity index (χ0v) is 18.4. The lowest BCUT2D eigenvalue weighted by molar-refractivity contribution is -0.115. The van der Waals surface area contributed by atoms with Gasteiger partial charge in [-0.1, -0.05) is 47.1 Å². The van der Waals surface area contributed by atoms with Gasteiger partial charge in [-0.25, -0.2) is 4.39 Å². The first-order valence-electron chi connectivity index (χ1n) is 9.30. The molecule has 0 unspecified atom stereocenters. The van der Waals surface area contributed by atoms with E-state index in [0.717, 1.165) is 17.2 Å². The van der Waals surface area contributed by atoms with Gasteiger partial charge in [-0.15, -0.1) is 10.2 Å². The molecule has 2 aromatic carbocycles. The van der Waals surface area contributed by atoms with E-state index in [-0.39, 0.29) is 10.9 Å². The largest absolute Gasteiger partial charge is 0.383 e. The second-order valence-electron chi connectivity index (χ2n) is 6.69. The molecule has 1 atom stereocenters. The van der Waals surface area contributed by atoms with E-state index in [1.165, 1.54) is 23.9 Å². The second-order valence-corrected chi connectivity index (χ2v) is 8.41. The van der Waals surface area contributed by atoms with Crippen molar-refractivity contribution in [2.75, 3.05) is 19.0 Å². The molecule has 30 heavy (non-hydrogen) atoms. The van der Waals surface area contributed by atoms with Crippen LogP contribution < -0.4 is 5.32 Å². The van der Waals surface area contributed by atoms with E-state index in [9.17, 15) is 9.18 Å². The first-order valence-corrected chi connectivity index (χ1v) is 10.6. The molecule has 1 aromatic heterocycles. The molecule has 3 rings (SSSR count). The molecule has 3 aromatic rings. The Morgan fingerprint density at radius 3 is 2.80 bits per heavy atom. The van der Waals surface area contributed by atoms with Crippen LogP contribution in [0, 0.1) is 12.7 Å². The van der Waals surface area contributed by atoms with E-state index < -0.39 is 11.1 Å². The Morgan fingerprint density at radius 2 is 2.10 bits per heavy atom. The number of carbonyl (C=O) groups excluding carboxylic acids is 1. The van der Waals surface area contributed by atoms with Gasteiger partial charge < -0.3 is 10.1 Å². The molecule has 0 aliphatic heterocycles. The van der Waals surface area contributed by atoms with Gasteiger partial charge >= 0.3 is 0 Å². The maximum atomic E-state index is 13.2. The summed E-state index contributed by atoms with van der Waals surface area (Å²) in [6, 6.07) is 11.8. The van der Waals surface area contributed by atoms with Gasteiger partial charge in [0.25, 0.3) is 0 Å². The van der Waals surface area contributed by atoms with Gasteiger partial charge in [0.15, 0.2) is 11.0 Å². The fourth-order valence-electron chi connectivity index (χ4n) is 2.79. The molecule has 1 heterocycles. The Bertz CT molecular complexity index is 1040. The molecule has 6 nitrogen and oxygen atoms in total. The topological polar surface area (TPSA) is 69.0 Å². The van der Waals surface area contributed by atoms with Crippen LogP contribution in [-0.4, -0.2) is 39.6 Å². The maximum absolute atomic E-state index is 13.2. The minimum Gasteiger partial charge on any atom is -0.383 e. The highest BCUT2D eigenvalue weighted by Gasteiger charge is 2.21. The zero-order valence-electron chi connectivity index (χ0n) is 16.9. The molecule has 0 aliphatic carbocycles. The van der Waals surface area contributed by atoms with Crippen LogP contribution in [0.5, 0.6) is 0 Å². The number of anilines is 1. The molecule has 0 spiro atoms. The summed E-state index contributed by atoms with van der Waals surface area (Å²) in [7, 11) is 1.63. The number of methoxy groups -OCH3 is 1. The number of nitrogens with zero attached hydrogens (tertiary/aromatic N) is 3. The zero-order chi connectivity index (χ0) is 21.7. The fraction of sp³-hybridized carbons (Fsp3) is 0.286. The average molecular weight is 449 g/mol. The Hall–Kier alpha value is -2.42. The Balaban J connectivity index is 1.80. The van der Waals surface area contributed by atoms with Crippen LogP contribution in [0.4, 0.5) is 10.1 Å². The quantitative estimate of drug-likeness (QED) is 0.501. The third-order valence-electron chi connectivity index (χ3n) is 4.35. The summed E-state index contributed by atoms with van der Waals surface area (Å²) >= 11 is 7.28. The molecule has 0 fully saturated rings. The summed E-state index contributed by atoms with van der Waals surface area (Å²) in [5.41, 5.74) is 2.42. The smallest absolute Gasteiger partial charge is 0.237 e. The standard InChI is InChI=1S/C21H22ClFN4O2S/c1-13-5-4-6-15(11-13)19-25-26-21(27(19)9-10-29-3)30-14(2)20(28)24-18-8-7-16(23)12-17(18)22/h4-8,11-12,14H,9-10H2,1-3H3,(H,24,28)/t14-/m1/s1. The normalized spacial score (nSPS) is 12.0. The minimum absolute atomic E-state index is 0.144. The molecule has 0 radical (unpaired) electrons. The van der Waals surface area contributed by atoms with Crippen LogP contribution in [0.3, 0.4) is 0 Å². The van der Waals surface area contributed by atoms with Gasteiger partial charge in [-0.05, 0) is 38.1 Å². The minimum atomic E-state index is -0.484. The van der Waals surface area contributed by atoms with Gasteiger partial charge in [0.1, 0.15) is 5.82 Å². The number of nitrogens with one attached hydrogen (secondary N) is 1. The van der Waals surface area contributed by atoms with Crippen LogP contribution >= 0.6 is 23.4 Å². The summed E-state index contributed by atoms with van der Waals surface area (Å²) in [5.74, 6) is -0.0188. The molecule has 158 valence electrons. The first kappa shape index (κ1) is 22.3. The van der Waals surface area contributed by atoms with E-state index in [4.69, 9.17) is 16.3 Å². The van der Waals surface area contributed by atoms with Gasteiger partial charge in [0, 0.05) is 12.7 Å². The molecule has 0 saturated heterocycles. The van der Waals surface area contributed by atoms with Gasteiger partial charge in [-0.2, -0.15) is 0 Å². The van der Waals surface area contributed by atoms with Crippen molar-refractivity contribution in [3.63, 3.8) is 0 Å². The highest BCUT2D eigenvalue weighted by molar-refractivity contribution is 8.00. The van der Waals surface area contributed by atoms with Crippen LogP contribution in [0.1, 0.15) is 12.5 Å². The second kappa shape index (κ2) is 10.1. The van der Waals surface area contributed by atoms with E-state index in [0.29, 0.717) is 29.8 Å². The SMILES string of the molecule is COCCn1c(S[C@H](C)C(=O)Nc2ccc(F)cc2Cl)nnc1-c1cccc(C)c1. The number of benzene rings is 2. The summed E-state index contributed by atoms with van der Waals surface area (Å²) in [4.78, 5) is 12.6. The Morgan fingerprint density at radius 1 is 1.30 bits per heavy atom. The number of ether oxygens (including phenoxy) is 1. The average Bonchev–Trinajstić information content (AvgIpc) is 3.10. The number of rotatable bonds is 8. The van der Waals surface area contributed by atoms with Crippen molar-refractivity contribution >= 4 is 35.0 Å². The molecular weight excluding hydrogens is 427 g/mol. The monoisotopic (exact) mass is 448 g/mol. The molecule has 1 amide bonds. The van der Waals surface area contributed by atoms with Gasteiger partial charge in [-0.3, -0.25) is 9.36 Å². The lowest BCUT2D eigenvalue weighted by Crippen LogP contribution is -2.23. The van der Waals surface area contributed by atoms with Crippen molar-refractivity contribution in [2.45, 2.75) is 30.8 Å². The third-order valence-corrected chi connectivity index (χ3v) is 5.75. The Labute approximate surface area is 183 Å². The van der Waals surface area contributed by atoms with Crippen molar-refractivity contribution in [1.82, 2.24) is 14.8 Å². The molecule has 0 saturated carbocycles. The number of thioether (sulfide) groups is 1. The van der Waals surface area contributed by atoms with Crippen molar-refractivity contribution in [2.24, 2.45) is 0 Å². The lowest BCUT2D eigenvalue weighted by Gasteiger charge is -2.14. The van der Waals surface area contributed by atoms with Crippen molar-refractivity contribution in [1.29, 1.82) is 0 Å². The predicted octanol–water partition coefficient (Wildman–Crippen LogP) is 4.81. The number of hydrogen-bond donors (Lipinski definition) is 1. The van der Waals surface area contributed by atoms with Crippen LogP contribution in [0.2, 0.25) is 5.02 Å². The van der Waals surface area contributed by atoms with E-state index in [2.05, 4.69) is 15.5 Å². The molecule has 0 aliphatic rings. The van der Waals surface area contributed by atoms with Crippen LogP contribution in [-0.2, 0) is 16.1 Å². The lowest BCUT2D eigenvalue weighted by atomic mass is 10.1. The van der Waals surface area contributed by atoms with Crippen molar-refractivity contribution < 1.29 is 13.9 Å². The van der Waals surface area contributed by atoms with E-state index in [1.54, 1.807) is 14.0 Å². The molecular formula is C21H22ClFN4O2S. The summed E-state index contributed by atoms with van der Waals surface area (Å²) < 4.78 is 20.4. The Kier molecular flexibility index (Phi) is 7.47. The summed E-state index contributed by atoms with van der Waals surface area (Å²) in [6.07, 6.45) is 0. The number of aryl methyl sites for hydroxylation is 1. The van der Waals surface area contributed by atoms with Gasteiger partial charge in [0.05, 0.1) is 29.1 Å². The van der Waals surface area contributed by atoms with E-state index >= 15 is 0 Å². The van der Waals surface area contributed by atoms with Gasteiger partial charge in [0.2, 0.25) is 5.91 Å². The molecule has 9 heteroatoms. The van der Waals surface area contributed by atoms with E-state index in [1.807, 2.05) is 35.8 Å². The highest BCUT2D eigenvalue weighted by Crippen LogP contribution is 2.29. The summed E-state index contributed by atoms with van der Waals surface area (Å²) in [5, 5.41) is 11.6. The highest BCUT2D eigenvalue weighted by atomic mass is 35.5. The number of hydrogen-bond acceptors (Lipinski definition) is 5. The number of carbonyl (C=O) groups is 1. The molecule has 0 bridgehead atoms. The van der Waals surface area contributed by atoms with Crippen molar-refractivity contribution in [3.8, 4) is 11.4 Å². The number of amides is 1. The fourth-order valence-corrected chi connectivity index (χ4v) is 3.88. The third kappa shape index (κ3) is 5.38.